The molecule has 210 valence electrons. The lowest BCUT2D eigenvalue weighted by Crippen LogP contribution is -2.52. The molecule has 13 nitrogen and oxygen atoms in total. The summed E-state index contributed by atoms with van der Waals surface area (Å²) in [6, 6.07) is 4.28. The van der Waals surface area contributed by atoms with Crippen LogP contribution < -0.4 is 16.4 Å². The minimum Gasteiger partial charge on any atom is -0.378 e. The van der Waals surface area contributed by atoms with Crippen LogP contribution in [0.1, 0.15) is 28.8 Å². The van der Waals surface area contributed by atoms with E-state index in [-0.39, 0.29) is 43.9 Å². The van der Waals surface area contributed by atoms with Crippen molar-refractivity contribution in [3.63, 3.8) is 0 Å². The Morgan fingerprint density at radius 3 is 2.13 bits per heavy atom. The molecule has 2 aliphatic heterocycles. The zero-order valence-electron chi connectivity index (χ0n) is 21.4. The number of piperidine rings is 1. The van der Waals surface area contributed by atoms with Crippen LogP contribution in [-0.4, -0.2) is 107 Å². The van der Waals surface area contributed by atoms with Gasteiger partial charge >= 0.3 is 0 Å². The molecule has 13 heteroatoms. The lowest BCUT2D eigenvalue weighted by molar-refractivity contribution is -0.137. The molecule has 0 radical (unpaired) electrons. The fraction of sp³-hybridized carbons (Fsp3) is 0.600. The predicted molar refractivity (Wildman–Crippen MR) is 134 cm³/mol. The van der Waals surface area contributed by atoms with E-state index < -0.39 is 11.9 Å². The lowest BCUT2D eigenvalue weighted by Gasteiger charge is -2.29. The lowest BCUT2D eigenvalue weighted by atomic mass is 10.0. The topological polar surface area (TPSA) is 168 Å². The molecule has 0 spiro atoms. The molecule has 0 aliphatic carbocycles. The van der Waals surface area contributed by atoms with E-state index in [1.807, 2.05) is 0 Å². The molecule has 2 aliphatic rings. The van der Waals surface area contributed by atoms with Crippen molar-refractivity contribution in [3.05, 3.63) is 29.3 Å². The molecule has 1 atom stereocenters. The van der Waals surface area contributed by atoms with Crippen molar-refractivity contribution in [2.75, 3.05) is 77.9 Å². The maximum absolute atomic E-state index is 12.7. The summed E-state index contributed by atoms with van der Waals surface area (Å²) in [4.78, 5) is 50.0. The van der Waals surface area contributed by atoms with Gasteiger partial charge < -0.3 is 39.6 Å². The summed E-state index contributed by atoms with van der Waals surface area (Å²) in [5.41, 5.74) is 7.02. The monoisotopic (exact) mass is 536 g/mol. The summed E-state index contributed by atoms with van der Waals surface area (Å²) >= 11 is 0. The van der Waals surface area contributed by atoms with Crippen molar-refractivity contribution in [3.8, 4) is 0 Å². The number of ether oxygens (including phenoxy) is 5. The van der Waals surface area contributed by atoms with Gasteiger partial charge in [-0.25, -0.2) is 0 Å². The molecule has 38 heavy (non-hydrogen) atoms. The third kappa shape index (κ3) is 9.42. The van der Waals surface area contributed by atoms with Crippen LogP contribution >= 0.6 is 0 Å². The minimum atomic E-state index is -0.681. The van der Waals surface area contributed by atoms with Crippen LogP contribution in [-0.2, 0) is 44.6 Å². The predicted octanol–water partition coefficient (Wildman–Crippen LogP) is -0.572. The van der Waals surface area contributed by atoms with Gasteiger partial charge in [0.1, 0.15) is 12.6 Å². The SMILES string of the molecule is NCCOCCOCCOCCOCCOCC(=O)Nc1ccc2c(c1)CN(C1CCC(=O)NC1=O)C2=O. The first-order chi connectivity index (χ1) is 18.5. The molecule has 4 amide bonds. The number of nitrogens with two attached hydrogens (primary N) is 1. The fourth-order valence-corrected chi connectivity index (χ4v) is 3.98. The van der Waals surface area contributed by atoms with Crippen molar-refractivity contribution in [1.82, 2.24) is 10.2 Å². The Balaban J connectivity index is 1.23. The summed E-state index contributed by atoms with van der Waals surface area (Å²) in [5, 5.41) is 5.02. The molecule has 4 N–H and O–H groups in total. The zero-order valence-corrected chi connectivity index (χ0v) is 21.4. The Bertz CT molecular complexity index is 959. The Hall–Kier alpha value is -2.94. The molecular formula is C25H36N4O9. The second kappa shape index (κ2) is 16.1. The van der Waals surface area contributed by atoms with Crippen LogP contribution in [0.2, 0.25) is 0 Å². The number of amides is 4. The van der Waals surface area contributed by atoms with Gasteiger partial charge in [0, 0.05) is 30.8 Å². The summed E-state index contributed by atoms with van der Waals surface area (Å²) in [5.74, 6) is -1.40. The molecular weight excluding hydrogens is 500 g/mol. The summed E-state index contributed by atoms with van der Waals surface area (Å²) in [7, 11) is 0. The summed E-state index contributed by atoms with van der Waals surface area (Å²) in [6.45, 7) is 4.46. The van der Waals surface area contributed by atoms with Gasteiger partial charge in [-0.1, -0.05) is 0 Å². The van der Waals surface area contributed by atoms with E-state index >= 15 is 0 Å². The summed E-state index contributed by atoms with van der Waals surface area (Å²) in [6.07, 6.45) is 0.489. The van der Waals surface area contributed by atoms with Crippen LogP contribution in [0.25, 0.3) is 0 Å². The number of benzene rings is 1. The first-order valence-electron chi connectivity index (χ1n) is 12.7. The van der Waals surface area contributed by atoms with Gasteiger partial charge in [-0.3, -0.25) is 24.5 Å². The van der Waals surface area contributed by atoms with Gasteiger partial charge in [0.2, 0.25) is 17.7 Å². The van der Waals surface area contributed by atoms with Crippen LogP contribution in [0.5, 0.6) is 0 Å². The van der Waals surface area contributed by atoms with Crippen molar-refractivity contribution < 1.29 is 42.9 Å². The second-order valence-corrected chi connectivity index (χ2v) is 8.61. The normalized spacial score (nSPS) is 17.0. The molecule has 3 rings (SSSR count). The van der Waals surface area contributed by atoms with Gasteiger partial charge in [-0.2, -0.15) is 0 Å². The number of imide groups is 1. The van der Waals surface area contributed by atoms with Gasteiger partial charge in [-0.05, 0) is 30.2 Å². The fourth-order valence-electron chi connectivity index (χ4n) is 3.98. The smallest absolute Gasteiger partial charge is 0.255 e. The number of anilines is 1. The molecule has 0 aromatic heterocycles. The summed E-state index contributed by atoms with van der Waals surface area (Å²) < 4.78 is 26.7. The highest BCUT2D eigenvalue weighted by Crippen LogP contribution is 2.29. The first-order valence-corrected chi connectivity index (χ1v) is 12.7. The second-order valence-electron chi connectivity index (χ2n) is 8.61. The molecule has 0 bridgehead atoms. The molecule has 1 aromatic carbocycles. The van der Waals surface area contributed by atoms with Crippen LogP contribution in [0.3, 0.4) is 0 Å². The van der Waals surface area contributed by atoms with E-state index in [1.165, 1.54) is 4.90 Å². The number of nitrogens with zero attached hydrogens (tertiary/aromatic N) is 1. The zero-order chi connectivity index (χ0) is 27.2. The van der Waals surface area contributed by atoms with Crippen LogP contribution in [0.15, 0.2) is 18.2 Å². The number of hydrogen-bond donors (Lipinski definition) is 3. The quantitative estimate of drug-likeness (QED) is 0.163. The van der Waals surface area contributed by atoms with E-state index in [0.717, 1.165) is 0 Å². The highest BCUT2D eigenvalue weighted by Gasteiger charge is 2.39. The highest BCUT2D eigenvalue weighted by molar-refractivity contribution is 6.05. The largest absolute Gasteiger partial charge is 0.378 e. The maximum atomic E-state index is 12.7. The average Bonchev–Trinajstić information content (AvgIpc) is 3.21. The number of hydrogen-bond acceptors (Lipinski definition) is 10. The standard InChI is InChI=1S/C25H36N4O9/c26-5-6-34-7-8-35-9-10-36-11-12-37-13-14-38-17-23(31)27-19-1-2-20-18(15-19)16-29(25(20)33)21-3-4-22(30)28-24(21)32/h1-2,15,21H,3-14,16-17,26H2,(H,27,31)(H,28,30,32). The Morgan fingerprint density at radius 2 is 1.53 bits per heavy atom. The third-order valence-corrected chi connectivity index (χ3v) is 5.79. The van der Waals surface area contributed by atoms with Crippen molar-refractivity contribution in [1.29, 1.82) is 0 Å². The molecule has 1 fully saturated rings. The Labute approximate surface area is 221 Å². The van der Waals surface area contributed by atoms with Crippen LogP contribution in [0.4, 0.5) is 5.69 Å². The number of nitrogens with one attached hydrogen (secondary N) is 2. The van der Waals surface area contributed by atoms with E-state index in [1.54, 1.807) is 18.2 Å². The van der Waals surface area contributed by atoms with Crippen molar-refractivity contribution in [2.45, 2.75) is 25.4 Å². The number of carbonyl (C=O) groups excluding carboxylic acids is 4. The molecule has 2 heterocycles. The van der Waals surface area contributed by atoms with Gasteiger partial charge in [-0.15, -0.1) is 0 Å². The molecule has 1 unspecified atom stereocenters. The maximum Gasteiger partial charge on any atom is 0.255 e. The molecule has 0 saturated carbocycles. The van der Waals surface area contributed by atoms with Crippen molar-refractivity contribution >= 4 is 29.3 Å². The minimum absolute atomic E-state index is 0.148. The molecule has 1 saturated heterocycles. The van der Waals surface area contributed by atoms with Gasteiger partial charge in [0.05, 0.1) is 59.5 Å². The van der Waals surface area contributed by atoms with Crippen molar-refractivity contribution in [2.24, 2.45) is 5.73 Å². The first kappa shape index (κ1) is 29.6. The highest BCUT2D eigenvalue weighted by atomic mass is 16.6. The van der Waals surface area contributed by atoms with Gasteiger partial charge in [0.25, 0.3) is 5.91 Å². The Morgan fingerprint density at radius 1 is 0.921 bits per heavy atom. The third-order valence-electron chi connectivity index (χ3n) is 5.79. The van der Waals surface area contributed by atoms with E-state index in [9.17, 15) is 19.2 Å². The van der Waals surface area contributed by atoms with E-state index in [0.29, 0.717) is 82.6 Å². The average molecular weight is 537 g/mol. The number of carbonyl (C=O) groups is 4. The van der Waals surface area contributed by atoms with Gasteiger partial charge in [0.15, 0.2) is 0 Å². The number of rotatable bonds is 18. The van der Waals surface area contributed by atoms with E-state index in [4.69, 9.17) is 29.4 Å². The van der Waals surface area contributed by atoms with E-state index in [2.05, 4.69) is 10.6 Å². The molecule has 1 aromatic rings. The van der Waals surface area contributed by atoms with Crippen LogP contribution in [0, 0.1) is 0 Å². The number of fused-ring (bicyclic) bond motifs is 1. The Kier molecular flexibility index (Phi) is 12.6.